The lowest BCUT2D eigenvalue weighted by Gasteiger charge is -1.92. The van der Waals surface area contributed by atoms with Crippen LogP contribution < -0.4 is 5.73 Å². The van der Waals surface area contributed by atoms with Crippen LogP contribution in [-0.4, -0.2) is 11.7 Å². The topological polar surface area (TPSA) is 49.9 Å². The third kappa shape index (κ3) is 5.76. The quantitative estimate of drug-likeness (QED) is 0.259. The summed E-state index contributed by atoms with van der Waals surface area (Å²) in [6, 6.07) is 0. The van der Waals surface area contributed by atoms with Crippen LogP contribution in [0.1, 0.15) is 19.3 Å². The second kappa shape index (κ2) is 4.91. The summed E-state index contributed by atoms with van der Waals surface area (Å²) >= 11 is 5.37. The molecule has 0 fully saturated rings. The minimum Gasteiger partial charge on any atom is -0.388 e. The van der Waals surface area contributed by atoms with Gasteiger partial charge in [-0.15, -0.1) is 11.6 Å². The molecule has 0 aromatic carbocycles. The highest BCUT2D eigenvalue weighted by atomic mass is 35.5. The van der Waals surface area contributed by atoms with Crippen LogP contribution in [0, 0.1) is 5.41 Å². The van der Waals surface area contributed by atoms with Gasteiger partial charge in [0.1, 0.15) is 0 Å². The van der Waals surface area contributed by atoms with Gasteiger partial charge in [-0.2, -0.15) is 0 Å². The van der Waals surface area contributed by atoms with Crippen molar-refractivity contribution in [1.82, 2.24) is 0 Å². The van der Waals surface area contributed by atoms with Crippen LogP contribution in [0.2, 0.25) is 0 Å². The zero-order chi connectivity index (χ0) is 6.41. The van der Waals surface area contributed by atoms with E-state index < -0.39 is 0 Å². The van der Waals surface area contributed by atoms with Crippen LogP contribution in [-0.2, 0) is 0 Å². The Balaban J connectivity index is 2.82. The van der Waals surface area contributed by atoms with E-state index in [1.54, 1.807) is 0 Å². The SMILES string of the molecule is N=C(N)CCCCCl. The van der Waals surface area contributed by atoms with E-state index in [0.717, 1.165) is 12.8 Å². The predicted molar refractivity (Wildman–Crippen MR) is 36.5 cm³/mol. The Morgan fingerprint density at radius 3 is 2.50 bits per heavy atom. The van der Waals surface area contributed by atoms with E-state index in [2.05, 4.69) is 0 Å². The van der Waals surface area contributed by atoms with Gasteiger partial charge in [-0.1, -0.05) is 0 Å². The number of amidine groups is 1. The van der Waals surface area contributed by atoms with Gasteiger partial charge >= 0.3 is 0 Å². The first-order chi connectivity index (χ1) is 3.77. The van der Waals surface area contributed by atoms with E-state index in [0.29, 0.717) is 12.3 Å². The minimum atomic E-state index is 0.259. The molecule has 0 bridgehead atoms. The number of nitrogens with two attached hydrogens (primary N) is 1. The standard InChI is InChI=1S/C5H11ClN2/c6-4-2-1-3-5(7)8/h1-4H2,(H3,7,8). The van der Waals surface area contributed by atoms with Crippen LogP contribution in [0.3, 0.4) is 0 Å². The van der Waals surface area contributed by atoms with Gasteiger partial charge in [0.15, 0.2) is 0 Å². The highest BCUT2D eigenvalue weighted by molar-refractivity contribution is 6.17. The first-order valence-corrected chi connectivity index (χ1v) is 3.19. The maximum atomic E-state index is 6.81. The molecule has 0 saturated carbocycles. The third-order valence-electron chi connectivity index (χ3n) is 0.830. The largest absolute Gasteiger partial charge is 0.388 e. The number of nitrogens with one attached hydrogen (secondary N) is 1. The van der Waals surface area contributed by atoms with Crippen LogP contribution in [0.25, 0.3) is 0 Å². The normalized spacial score (nSPS) is 9.12. The predicted octanol–water partition coefficient (Wildman–Crippen LogP) is 1.33. The Labute approximate surface area is 54.5 Å². The van der Waals surface area contributed by atoms with E-state index in [1.807, 2.05) is 0 Å². The summed E-state index contributed by atoms with van der Waals surface area (Å²) in [5.74, 6) is 0.933. The zero-order valence-corrected chi connectivity index (χ0v) is 5.54. The second-order valence-corrected chi connectivity index (χ2v) is 2.05. The zero-order valence-electron chi connectivity index (χ0n) is 4.78. The molecule has 0 amide bonds. The summed E-state index contributed by atoms with van der Waals surface area (Å²) in [6.45, 7) is 0. The second-order valence-electron chi connectivity index (χ2n) is 1.67. The minimum absolute atomic E-state index is 0.259. The number of unbranched alkanes of at least 4 members (excludes halogenated alkanes) is 1. The summed E-state index contributed by atoms with van der Waals surface area (Å²) < 4.78 is 0. The van der Waals surface area contributed by atoms with Gasteiger partial charge in [-0.05, 0) is 12.8 Å². The molecule has 0 spiro atoms. The van der Waals surface area contributed by atoms with Crippen molar-refractivity contribution in [2.75, 3.05) is 5.88 Å². The fourth-order valence-electron chi connectivity index (χ4n) is 0.410. The molecule has 0 rings (SSSR count). The smallest absolute Gasteiger partial charge is 0.0905 e. The molecule has 48 valence electrons. The number of hydrogen-bond donors (Lipinski definition) is 2. The van der Waals surface area contributed by atoms with E-state index in [9.17, 15) is 0 Å². The molecule has 0 heterocycles. The van der Waals surface area contributed by atoms with E-state index in [-0.39, 0.29) is 5.84 Å². The Hall–Kier alpha value is -0.240. The van der Waals surface area contributed by atoms with Crippen molar-refractivity contribution in [1.29, 1.82) is 5.41 Å². The van der Waals surface area contributed by atoms with Gasteiger partial charge < -0.3 is 5.73 Å². The number of rotatable bonds is 4. The first-order valence-electron chi connectivity index (χ1n) is 2.66. The molecule has 0 aliphatic carbocycles. The van der Waals surface area contributed by atoms with Crippen LogP contribution >= 0.6 is 11.6 Å². The molecule has 0 atom stereocenters. The highest BCUT2D eigenvalue weighted by Crippen LogP contribution is 1.95. The Morgan fingerprint density at radius 2 is 2.12 bits per heavy atom. The lowest BCUT2D eigenvalue weighted by molar-refractivity contribution is 0.834. The molecule has 0 radical (unpaired) electrons. The Bertz CT molecular complexity index is 72.8. The van der Waals surface area contributed by atoms with Gasteiger partial charge in [-0.25, -0.2) is 0 Å². The van der Waals surface area contributed by atoms with Crippen LogP contribution in [0.5, 0.6) is 0 Å². The van der Waals surface area contributed by atoms with Crippen molar-refractivity contribution in [2.24, 2.45) is 5.73 Å². The van der Waals surface area contributed by atoms with Crippen molar-refractivity contribution in [2.45, 2.75) is 19.3 Å². The molecule has 0 saturated heterocycles. The fourth-order valence-corrected chi connectivity index (χ4v) is 0.599. The molecule has 0 aliphatic heterocycles. The summed E-state index contributed by atoms with van der Waals surface area (Å²) in [6.07, 6.45) is 2.59. The molecule has 0 aromatic rings. The number of hydrogen-bond acceptors (Lipinski definition) is 1. The van der Waals surface area contributed by atoms with E-state index >= 15 is 0 Å². The van der Waals surface area contributed by atoms with Crippen LogP contribution in [0.15, 0.2) is 0 Å². The Kier molecular flexibility index (Phi) is 4.76. The lowest BCUT2D eigenvalue weighted by atomic mass is 10.2. The molecule has 8 heavy (non-hydrogen) atoms. The van der Waals surface area contributed by atoms with Crippen molar-refractivity contribution in [3.8, 4) is 0 Å². The maximum Gasteiger partial charge on any atom is 0.0905 e. The number of halogens is 1. The summed E-state index contributed by atoms with van der Waals surface area (Å²) in [4.78, 5) is 0. The van der Waals surface area contributed by atoms with Gasteiger partial charge in [0.05, 0.1) is 5.84 Å². The molecule has 0 unspecified atom stereocenters. The van der Waals surface area contributed by atoms with Gasteiger partial charge in [-0.3, -0.25) is 5.41 Å². The van der Waals surface area contributed by atoms with Crippen molar-refractivity contribution in [3.63, 3.8) is 0 Å². The maximum absolute atomic E-state index is 6.81. The molecule has 0 aliphatic rings. The average Bonchev–Trinajstić information content (AvgIpc) is 1.66. The molecule has 3 N–H and O–H groups in total. The highest BCUT2D eigenvalue weighted by Gasteiger charge is 1.87. The first kappa shape index (κ1) is 7.76. The van der Waals surface area contributed by atoms with Gasteiger partial charge in [0.25, 0.3) is 0 Å². The van der Waals surface area contributed by atoms with Crippen LogP contribution in [0.4, 0.5) is 0 Å². The summed E-state index contributed by atoms with van der Waals surface area (Å²) in [5.41, 5.74) is 5.07. The van der Waals surface area contributed by atoms with Crippen molar-refractivity contribution in [3.05, 3.63) is 0 Å². The van der Waals surface area contributed by atoms with Crippen molar-refractivity contribution >= 4 is 17.4 Å². The third-order valence-corrected chi connectivity index (χ3v) is 1.10. The molecular formula is C5H11ClN2. The lowest BCUT2D eigenvalue weighted by Crippen LogP contribution is -2.08. The number of alkyl halides is 1. The molecule has 0 aromatic heterocycles. The molecule has 2 nitrogen and oxygen atoms in total. The summed E-state index contributed by atoms with van der Waals surface area (Å²) in [7, 11) is 0. The van der Waals surface area contributed by atoms with E-state index in [4.69, 9.17) is 22.7 Å². The van der Waals surface area contributed by atoms with E-state index in [1.165, 1.54) is 0 Å². The monoisotopic (exact) mass is 134 g/mol. The average molecular weight is 135 g/mol. The van der Waals surface area contributed by atoms with Gasteiger partial charge in [0, 0.05) is 12.3 Å². The summed E-state index contributed by atoms with van der Waals surface area (Å²) in [5, 5.41) is 6.81. The fraction of sp³-hybridized carbons (Fsp3) is 0.800. The Morgan fingerprint density at radius 1 is 1.50 bits per heavy atom. The van der Waals surface area contributed by atoms with Gasteiger partial charge in [0.2, 0.25) is 0 Å². The van der Waals surface area contributed by atoms with Crippen molar-refractivity contribution < 1.29 is 0 Å². The molecular weight excluding hydrogens is 124 g/mol. The molecule has 3 heteroatoms.